The molecule has 0 amide bonds. The Kier molecular flexibility index (Phi) is 42.2. The molecule has 0 aliphatic heterocycles. The van der Waals surface area contributed by atoms with E-state index in [4.69, 9.17) is 0 Å². The molecule has 0 aliphatic rings. The minimum absolute atomic E-state index is 0. The van der Waals surface area contributed by atoms with E-state index >= 15 is 0 Å². The molecule has 0 saturated carbocycles. The molecular formula is C21H33N25Y5-4. The van der Waals surface area contributed by atoms with Crippen molar-refractivity contribution in [2.45, 2.75) is 0 Å². The van der Waals surface area contributed by atoms with E-state index in [1.165, 1.54) is 14.2 Å². The van der Waals surface area contributed by atoms with Gasteiger partial charge in [-0.3, -0.25) is 26.1 Å². The van der Waals surface area contributed by atoms with E-state index in [9.17, 15) is 0 Å². The number of aromatic nitrogens is 15. The Labute approximate surface area is 420 Å². The summed E-state index contributed by atoms with van der Waals surface area (Å²) >= 11 is 0. The van der Waals surface area contributed by atoms with Crippen molar-refractivity contribution >= 4 is 29.5 Å². The standard InChI is InChI=1S/C5H9N5.4C4H6N5.5Y/c1-6-8-5-7-4-9(2)10(5)3;1-5-7-4-8-6-3-9(4)2;1-5-8-4-6-3-7-9(4)2;1-5-6-4-3-9(2)8-7-4;1-5-7-4-3-6-9(2)8-4;;;;;/h1-3H3;4*1-2H3;;;;;/q;4*-1;;;;;. The SMILES string of the molecule is CN=Nc1[c-]n(C)nn1.CN=Nc1[c-]nn(C)n1.CN=Nc1n[c-]n(C)[n+]1C.CN=Nc1n[c-]nn1C.CN=Nc1nn[c-]n1C.[Y].[Y].[Y].[Y].[Y]. The summed E-state index contributed by atoms with van der Waals surface area (Å²) in [5, 5.41) is 61.3. The summed E-state index contributed by atoms with van der Waals surface area (Å²) in [6.07, 6.45) is 12.9. The summed E-state index contributed by atoms with van der Waals surface area (Å²) in [5.41, 5.74) is 0. The quantitative estimate of drug-likeness (QED) is 0.138. The fourth-order valence-corrected chi connectivity index (χ4v) is 2.29. The first-order chi connectivity index (χ1) is 22.1. The predicted octanol–water partition coefficient (Wildman–Crippen LogP) is 1.06. The number of azo groups is 5. The van der Waals surface area contributed by atoms with Crippen LogP contribution in [0.25, 0.3) is 0 Å². The van der Waals surface area contributed by atoms with Gasteiger partial charge in [-0.15, -0.1) is 10.3 Å². The maximum absolute atomic E-state index is 3.85. The Morgan fingerprint density at radius 2 is 1.20 bits per heavy atom. The zero-order chi connectivity index (χ0) is 34.3. The maximum atomic E-state index is 3.85. The summed E-state index contributed by atoms with van der Waals surface area (Å²) in [6.45, 7) is 0. The first-order valence-electron chi connectivity index (χ1n) is 12.5. The third kappa shape index (κ3) is 25.8. The van der Waals surface area contributed by atoms with Gasteiger partial charge in [0.05, 0.1) is 20.4 Å². The second kappa shape index (κ2) is 36.2. The van der Waals surface area contributed by atoms with Crippen LogP contribution in [0.1, 0.15) is 0 Å². The number of hydrogen-bond donors (Lipinski definition) is 0. The van der Waals surface area contributed by atoms with E-state index < -0.39 is 0 Å². The molecule has 0 bridgehead atoms. The number of rotatable bonds is 5. The normalized spacial score (nSPS) is 9.86. The molecule has 0 N–H and O–H groups in total. The molecule has 25 nitrogen and oxygen atoms in total. The molecule has 5 heterocycles. The van der Waals surface area contributed by atoms with Gasteiger partial charge in [0.15, 0.2) is 0 Å². The Morgan fingerprint density at radius 1 is 0.627 bits per heavy atom. The van der Waals surface area contributed by atoms with E-state index in [1.807, 2.05) is 14.1 Å². The van der Waals surface area contributed by atoms with Gasteiger partial charge in [-0.25, -0.2) is 30.4 Å². The molecule has 0 aromatic carbocycles. The summed E-state index contributed by atoms with van der Waals surface area (Å²) in [4.78, 5) is 8.90. The summed E-state index contributed by atoms with van der Waals surface area (Å²) < 4.78 is 7.95. The van der Waals surface area contributed by atoms with Crippen LogP contribution in [0, 0.1) is 31.4 Å². The van der Waals surface area contributed by atoms with Gasteiger partial charge in [-0.1, -0.05) is 5.11 Å². The van der Waals surface area contributed by atoms with Crippen LogP contribution < -0.4 is 4.68 Å². The Balaban J connectivity index is -0.000000169. The largest absolute Gasteiger partial charge is 0.463 e. The second-order valence-corrected chi connectivity index (χ2v) is 7.63. The van der Waals surface area contributed by atoms with Crippen LogP contribution in [-0.4, -0.2) is 104 Å². The predicted molar refractivity (Wildman–Crippen MR) is 155 cm³/mol. The molecule has 0 unspecified atom stereocenters. The molecule has 0 spiro atoms. The van der Waals surface area contributed by atoms with Crippen molar-refractivity contribution < 1.29 is 168 Å². The molecule has 0 fully saturated rings. The van der Waals surface area contributed by atoms with Gasteiger partial charge in [0, 0.05) is 225 Å². The van der Waals surface area contributed by atoms with Crippen LogP contribution in [0.4, 0.5) is 29.5 Å². The molecule has 5 aromatic heterocycles. The van der Waals surface area contributed by atoms with Gasteiger partial charge >= 0.3 is 5.95 Å². The average Bonchev–Trinajstić information content (AvgIpc) is 3.87. The van der Waals surface area contributed by atoms with Gasteiger partial charge in [-0.2, -0.15) is 30.7 Å². The van der Waals surface area contributed by atoms with Gasteiger partial charge in [0.25, 0.3) is 0 Å². The van der Waals surface area contributed by atoms with Crippen LogP contribution in [0.5, 0.6) is 0 Å². The third-order valence-corrected chi connectivity index (χ3v) is 4.33. The van der Waals surface area contributed by atoms with Gasteiger partial charge in [0.1, 0.15) is 11.9 Å². The number of nitrogens with zero attached hydrogens (tertiary/aromatic N) is 25. The van der Waals surface area contributed by atoms with E-state index in [1.54, 1.807) is 77.4 Å². The number of aryl methyl sites for hydroxylation is 5. The Hall–Kier alpha value is -0.781. The molecule has 0 aliphatic carbocycles. The summed E-state index contributed by atoms with van der Waals surface area (Å²) in [6, 6.07) is 0. The summed E-state index contributed by atoms with van der Waals surface area (Å²) in [7, 11) is 18.5. The zero-order valence-corrected chi connectivity index (χ0v) is 44.3. The molecule has 261 valence electrons. The van der Waals surface area contributed by atoms with Crippen molar-refractivity contribution in [2.24, 2.45) is 93.4 Å². The van der Waals surface area contributed by atoms with E-state index in [-0.39, 0.29) is 164 Å². The van der Waals surface area contributed by atoms with Crippen molar-refractivity contribution in [2.75, 3.05) is 35.2 Å². The smallest absolute Gasteiger partial charge is 0.317 e. The molecule has 5 radical (unpaired) electrons. The average molecular weight is 1080 g/mol. The minimum atomic E-state index is 0. The van der Waals surface area contributed by atoms with E-state index in [0.29, 0.717) is 29.5 Å². The second-order valence-electron chi connectivity index (χ2n) is 7.63. The number of hydrogen-bond acceptors (Lipinski definition) is 19. The topological polar surface area (TPSA) is 268 Å². The fraction of sp³-hybridized carbons (Fsp3) is 0.524. The van der Waals surface area contributed by atoms with Crippen molar-refractivity contribution in [3.8, 4) is 0 Å². The van der Waals surface area contributed by atoms with Crippen molar-refractivity contribution in [3.63, 3.8) is 0 Å². The van der Waals surface area contributed by atoms with Crippen LogP contribution in [0.2, 0.25) is 0 Å². The Morgan fingerprint density at radius 3 is 1.59 bits per heavy atom. The third-order valence-electron chi connectivity index (χ3n) is 4.33. The van der Waals surface area contributed by atoms with E-state index in [0.717, 1.165) is 0 Å². The molecule has 0 saturated heterocycles. The molecule has 5 rings (SSSR count). The monoisotopic (exact) mass is 1080 g/mol. The van der Waals surface area contributed by atoms with Gasteiger partial charge < -0.3 is 34.9 Å². The van der Waals surface area contributed by atoms with Crippen LogP contribution in [0.15, 0.2) is 51.1 Å². The summed E-state index contributed by atoms with van der Waals surface area (Å²) in [5.74, 6) is 2.33. The fourth-order valence-electron chi connectivity index (χ4n) is 2.29. The van der Waals surface area contributed by atoms with E-state index in [2.05, 4.69) is 128 Å². The molecule has 0 atom stereocenters. The molecular weight excluding hydrogens is 1050 g/mol. The minimum Gasteiger partial charge on any atom is -0.463 e. The van der Waals surface area contributed by atoms with Crippen LogP contribution in [-0.2, 0) is 206 Å². The molecule has 51 heavy (non-hydrogen) atoms. The van der Waals surface area contributed by atoms with Crippen molar-refractivity contribution in [1.29, 1.82) is 0 Å². The maximum Gasteiger partial charge on any atom is 0.317 e. The molecule has 30 heteroatoms. The van der Waals surface area contributed by atoms with Crippen LogP contribution in [0.3, 0.4) is 0 Å². The Bertz CT molecular complexity index is 1600. The van der Waals surface area contributed by atoms with Gasteiger partial charge in [-0.05, 0) is 26.7 Å². The van der Waals surface area contributed by atoms with Crippen LogP contribution >= 0.6 is 0 Å². The zero-order valence-electron chi connectivity index (χ0n) is 30.1. The van der Waals surface area contributed by atoms with Crippen molar-refractivity contribution in [3.05, 3.63) is 31.4 Å². The van der Waals surface area contributed by atoms with Gasteiger partial charge in [0.2, 0.25) is 0 Å². The molecule has 5 aromatic rings. The first kappa shape index (κ1) is 59.5. The first-order valence-corrected chi connectivity index (χ1v) is 12.5. The van der Waals surface area contributed by atoms with Crippen molar-refractivity contribution in [1.82, 2.24) is 69.2 Å².